The van der Waals surface area contributed by atoms with Crippen molar-refractivity contribution in [1.82, 2.24) is 14.5 Å². The van der Waals surface area contributed by atoms with Crippen LogP contribution in [0.25, 0.3) is 0 Å². The summed E-state index contributed by atoms with van der Waals surface area (Å²) in [5, 5.41) is 3.99. The van der Waals surface area contributed by atoms with E-state index in [0.29, 0.717) is 23.1 Å². The highest BCUT2D eigenvalue weighted by Gasteiger charge is 2.32. The van der Waals surface area contributed by atoms with Crippen molar-refractivity contribution >= 4 is 33.0 Å². The molecule has 102 valence electrons. The van der Waals surface area contributed by atoms with Crippen LogP contribution in [-0.4, -0.2) is 47.0 Å². The number of sulfone groups is 1. The monoisotopic (exact) mass is 309 g/mol. The molecule has 1 fully saturated rings. The van der Waals surface area contributed by atoms with Crippen LogP contribution in [0.1, 0.15) is 25.5 Å². The van der Waals surface area contributed by atoms with E-state index in [1.54, 1.807) is 0 Å². The molecule has 18 heavy (non-hydrogen) atoms. The number of hydrogen-bond donors (Lipinski definition) is 0. The fourth-order valence-electron chi connectivity index (χ4n) is 2.22. The van der Waals surface area contributed by atoms with Gasteiger partial charge in [-0.1, -0.05) is 23.0 Å². The molecule has 0 bridgehead atoms. The molecule has 0 radical (unpaired) electrons. The molecule has 0 saturated carbocycles. The Labute approximate surface area is 116 Å². The smallest absolute Gasteiger partial charge is 0.151 e. The molecule has 0 unspecified atom stereocenters. The molecule has 5 nitrogen and oxygen atoms in total. The summed E-state index contributed by atoms with van der Waals surface area (Å²) in [4.78, 5) is 2.16. The lowest BCUT2D eigenvalue weighted by molar-refractivity contribution is 0.201. The van der Waals surface area contributed by atoms with Crippen LogP contribution in [0.2, 0.25) is 4.34 Å². The van der Waals surface area contributed by atoms with Crippen molar-refractivity contribution in [3.8, 4) is 0 Å². The first kappa shape index (κ1) is 14.2. The van der Waals surface area contributed by atoms with Crippen LogP contribution in [0.4, 0.5) is 0 Å². The van der Waals surface area contributed by atoms with Crippen molar-refractivity contribution in [3.05, 3.63) is 10.0 Å². The van der Waals surface area contributed by atoms with E-state index >= 15 is 0 Å². The van der Waals surface area contributed by atoms with Gasteiger partial charge in [0.05, 0.1) is 11.5 Å². The summed E-state index contributed by atoms with van der Waals surface area (Å²) in [6.07, 6.45) is 1.68. The van der Waals surface area contributed by atoms with Gasteiger partial charge in [-0.05, 0) is 19.4 Å². The standard InChI is InChI=1S/C10H16ClN3O2S2/c1-2-4-14(6-9-10(11)17-13-12-9)8-3-5-18(15,16)7-8/h8H,2-7H2,1H3/t8-/m1/s1. The maximum absolute atomic E-state index is 11.5. The normalized spacial score (nSPS) is 22.7. The number of aromatic nitrogens is 2. The van der Waals surface area contributed by atoms with Gasteiger partial charge in [0.15, 0.2) is 9.84 Å². The molecular formula is C10H16ClN3O2S2. The molecule has 1 atom stereocenters. The van der Waals surface area contributed by atoms with Gasteiger partial charge in [-0.2, -0.15) is 0 Å². The molecule has 0 aromatic carbocycles. The molecule has 1 saturated heterocycles. The molecule has 1 aliphatic heterocycles. The van der Waals surface area contributed by atoms with Crippen LogP contribution < -0.4 is 0 Å². The molecule has 2 heterocycles. The largest absolute Gasteiger partial charge is 0.293 e. The molecule has 1 aromatic heterocycles. The Hall–Kier alpha value is -0.240. The third kappa shape index (κ3) is 3.40. The fraction of sp³-hybridized carbons (Fsp3) is 0.800. The summed E-state index contributed by atoms with van der Waals surface area (Å²) in [7, 11) is -2.86. The minimum atomic E-state index is -2.86. The second kappa shape index (κ2) is 5.81. The number of rotatable bonds is 5. The lowest BCUT2D eigenvalue weighted by Gasteiger charge is -2.26. The maximum Gasteiger partial charge on any atom is 0.151 e. The number of nitrogens with zero attached hydrogens (tertiary/aromatic N) is 3. The predicted molar refractivity (Wildman–Crippen MR) is 72.7 cm³/mol. The van der Waals surface area contributed by atoms with Crippen LogP contribution in [0.3, 0.4) is 0 Å². The van der Waals surface area contributed by atoms with Gasteiger partial charge in [0.1, 0.15) is 10.0 Å². The van der Waals surface area contributed by atoms with E-state index in [9.17, 15) is 8.42 Å². The molecule has 0 N–H and O–H groups in total. The summed E-state index contributed by atoms with van der Waals surface area (Å²) >= 11 is 7.16. The van der Waals surface area contributed by atoms with Crippen molar-refractivity contribution in [2.75, 3.05) is 18.1 Å². The molecular weight excluding hydrogens is 294 g/mol. The van der Waals surface area contributed by atoms with Crippen molar-refractivity contribution < 1.29 is 8.42 Å². The van der Waals surface area contributed by atoms with Gasteiger partial charge in [0.2, 0.25) is 0 Å². The van der Waals surface area contributed by atoms with Gasteiger partial charge in [0, 0.05) is 24.1 Å². The van der Waals surface area contributed by atoms with Crippen molar-refractivity contribution in [2.45, 2.75) is 32.4 Å². The molecule has 8 heteroatoms. The van der Waals surface area contributed by atoms with Crippen molar-refractivity contribution in [1.29, 1.82) is 0 Å². The Kier molecular flexibility index (Phi) is 4.58. The second-order valence-corrected chi connectivity index (χ2v) is 8.11. The van der Waals surface area contributed by atoms with Gasteiger partial charge >= 0.3 is 0 Å². The Morgan fingerprint density at radius 1 is 1.56 bits per heavy atom. The highest BCUT2D eigenvalue weighted by atomic mass is 35.5. The van der Waals surface area contributed by atoms with E-state index in [-0.39, 0.29) is 11.8 Å². The lowest BCUT2D eigenvalue weighted by Crippen LogP contribution is -2.36. The van der Waals surface area contributed by atoms with E-state index in [1.807, 2.05) is 0 Å². The van der Waals surface area contributed by atoms with E-state index in [1.165, 1.54) is 11.5 Å². The first-order valence-electron chi connectivity index (χ1n) is 5.93. The first-order chi connectivity index (χ1) is 8.52. The van der Waals surface area contributed by atoms with Gasteiger partial charge < -0.3 is 0 Å². The zero-order valence-electron chi connectivity index (χ0n) is 10.2. The van der Waals surface area contributed by atoms with Crippen molar-refractivity contribution in [2.24, 2.45) is 0 Å². The Morgan fingerprint density at radius 3 is 2.83 bits per heavy atom. The third-order valence-electron chi connectivity index (χ3n) is 3.10. The quantitative estimate of drug-likeness (QED) is 0.826. The first-order valence-corrected chi connectivity index (χ1v) is 8.90. The minimum Gasteiger partial charge on any atom is -0.293 e. The molecule has 0 spiro atoms. The van der Waals surface area contributed by atoms with E-state index in [0.717, 1.165) is 18.7 Å². The average molecular weight is 310 g/mol. The molecule has 1 aliphatic rings. The van der Waals surface area contributed by atoms with Crippen molar-refractivity contribution in [3.63, 3.8) is 0 Å². The van der Waals surface area contributed by atoms with E-state index in [2.05, 4.69) is 21.4 Å². The van der Waals surface area contributed by atoms with Crippen LogP contribution in [0, 0.1) is 0 Å². The topological polar surface area (TPSA) is 63.2 Å². The molecule has 2 rings (SSSR count). The Balaban J connectivity index is 2.07. The van der Waals surface area contributed by atoms with Crippen LogP contribution in [-0.2, 0) is 16.4 Å². The summed E-state index contributed by atoms with van der Waals surface area (Å²) in [5.74, 6) is 0.545. The Bertz CT molecular complexity index is 503. The third-order valence-corrected chi connectivity index (χ3v) is 5.83. The average Bonchev–Trinajstić information content (AvgIpc) is 2.85. The number of hydrogen-bond acceptors (Lipinski definition) is 6. The molecule has 1 aromatic rings. The fourth-order valence-corrected chi connectivity index (χ4v) is 4.60. The zero-order chi connectivity index (χ0) is 13.2. The summed E-state index contributed by atoms with van der Waals surface area (Å²) in [5.41, 5.74) is 0.749. The van der Waals surface area contributed by atoms with E-state index in [4.69, 9.17) is 11.6 Å². The maximum atomic E-state index is 11.5. The SMILES string of the molecule is CCCN(Cc1nnsc1Cl)[C@@H]1CCS(=O)(=O)C1. The van der Waals surface area contributed by atoms with Gasteiger partial charge in [0.25, 0.3) is 0 Å². The number of halogens is 1. The summed E-state index contributed by atoms with van der Waals surface area (Å²) in [6, 6.07) is 0.0905. The van der Waals surface area contributed by atoms with Crippen LogP contribution in [0.5, 0.6) is 0 Å². The van der Waals surface area contributed by atoms with E-state index < -0.39 is 9.84 Å². The highest BCUT2D eigenvalue weighted by Crippen LogP contribution is 2.23. The van der Waals surface area contributed by atoms with Gasteiger partial charge in [-0.25, -0.2) is 8.42 Å². The minimum absolute atomic E-state index is 0.0905. The Morgan fingerprint density at radius 2 is 2.33 bits per heavy atom. The zero-order valence-corrected chi connectivity index (χ0v) is 12.6. The van der Waals surface area contributed by atoms with Crippen LogP contribution in [0.15, 0.2) is 0 Å². The predicted octanol–water partition coefficient (Wildman–Crippen LogP) is 1.59. The molecule has 0 aliphatic carbocycles. The van der Waals surface area contributed by atoms with Crippen LogP contribution >= 0.6 is 23.1 Å². The lowest BCUT2D eigenvalue weighted by atomic mass is 10.2. The van der Waals surface area contributed by atoms with Gasteiger partial charge in [-0.3, -0.25) is 4.90 Å². The highest BCUT2D eigenvalue weighted by molar-refractivity contribution is 7.91. The second-order valence-electron chi connectivity index (χ2n) is 4.52. The molecule has 0 amide bonds. The summed E-state index contributed by atoms with van der Waals surface area (Å²) in [6.45, 7) is 3.52. The van der Waals surface area contributed by atoms with Gasteiger partial charge in [-0.15, -0.1) is 5.10 Å². The summed E-state index contributed by atoms with van der Waals surface area (Å²) < 4.78 is 27.5.